The standard InChI is InChI=1S/2C9H18O2.Cu/c2*1-3-5-6-7-8(4-2)9(10)11;/h2*8H,3-7H2,1-2H3,(H,10,11);/p+2. The molecule has 4 N–H and O–H groups in total. The van der Waals surface area contributed by atoms with Gasteiger partial charge in [0.1, 0.15) is 11.8 Å². The van der Waals surface area contributed by atoms with Crippen molar-refractivity contribution < 1.29 is 36.9 Å². The van der Waals surface area contributed by atoms with Crippen molar-refractivity contribution in [3.63, 3.8) is 0 Å². The summed E-state index contributed by atoms with van der Waals surface area (Å²) in [6, 6.07) is 0. The third-order valence-corrected chi connectivity index (χ3v) is 4.03. The Kier molecular flexibility index (Phi) is 23.2. The van der Waals surface area contributed by atoms with Crippen LogP contribution in [0.25, 0.3) is 0 Å². The van der Waals surface area contributed by atoms with E-state index < -0.39 is 0 Å². The third-order valence-electron chi connectivity index (χ3n) is 4.03. The van der Waals surface area contributed by atoms with E-state index in [0.29, 0.717) is 0 Å². The molecule has 2 atom stereocenters. The van der Waals surface area contributed by atoms with Crippen LogP contribution < -0.4 is 0 Å². The molecule has 0 amide bonds. The topological polar surface area (TPSA) is 83.3 Å². The smallest absolute Gasteiger partial charge is 0.339 e. The van der Waals surface area contributed by atoms with Crippen molar-refractivity contribution in [2.24, 2.45) is 11.8 Å². The first-order valence-corrected chi connectivity index (χ1v) is 8.93. The number of hydrogen-bond acceptors (Lipinski definition) is 0. The minimum atomic E-state index is -0.386. The summed E-state index contributed by atoms with van der Waals surface area (Å²) in [5.41, 5.74) is 0. The minimum Gasteiger partial charge on any atom is -0.339 e. The fourth-order valence-electron chi connectivity index (χ4n) is 2.31. The second kappa shape index (κ2) is 19.5. The van der Waals surface area contributed by atoms with Crippen LogP contribution in [0.2, 0.25) is 0 Å². The molecule has 0 spiro atoms. The second-order valence-corrected chi connectivity index (χ2v) is 5.92. The number of carboxylic acids is 2. The first kappa shape index (κ1) is 27.3. The molecule has 0 aliphatic heterocycles. The van der Waals surface area contributed by atoms with Crippen LogP contribution in [0, 0.1) is 11.8 Å². The Balaban J connectivity index is -0.000000333. The quantitative estimate of drug-likeness (QED) is 0.273. The van der Waals surface area contributed by atoms with Gasteiger partial charge in [-0.2, -0.15) is 0 Å². The van der Waals surface area contributed by atoms with E-state index in [1.165, 1.54) is 25.7 Å². The van der Waals surface area contributed by atoms with E-state index >= 15 is 0 Å². The predicted octanol–water partition coefficient (Wildman–Crippen LogP) is 5.30. The van der Waals surface area contributed by atoms with Gasteiger partial charge < -0.3 is 19.8 Å². The second-order valence-electron chi connectivity index (χ2n) is 5.92. The molecule has 0 heterocycles. The number of rotatable bonds is 12. The molecule has 0 aromatic carbocycles. The van der Waals surface area contributed by atoms with Gasteiger partial charge in [0.05, 0.1) is 0 Å². The Hall–Kier alpha value is -0.541. The molecule has 0 bridgehead atoms. The SMILES string of the molecule is CCCCCC(CC)C(O)=[OH+].CCCCCC(CC)C(O)=[OH+].[Cu]. The molecule has 5 heteroatoms. The third kappa shape index (κ3) is 17.6. The van der Waals surface area contributed by atoms with Gasteiger partial charge in [0.15, 0.2) is 0 Å². The molecule has 2 unspecified atom stereocenters. The molecule has 0 saturated heterocycles. The Morgan fingerprint density at radius 3 is 1.17 bits per heavy atom. The van der Waals surface area contributed by atoms with Crippen LogP contribution in [0.4, 0.5) is 0 Å². The minimum absolute atomic E-state index is 0. The fourth-order valence-corrected chi connectivity index (χ4v) is 2.31. The monoisotopic (exact) mass is 381 g/mol. The largest absolute Gasteiger partial charge is 0.483 e. The molecule has 0 aliphatic rings. The van der Waals surface area contributed by atoms with E-state index in [4.69, 9.17) is 19.8 Å². The molecule has 0 aromatic rings. The predicted molar refractivity (Wildman–Crippen MR) is 95.0 cm³/mol. The molecule has 143 valence electrons. The van der Waals surface area contributed by atoms with Gasteiger partial charge in [-0.25, -0.2) is 0 Å². The van der Waals surface area contributed by atoms with E-state index in [2.05, 4.69) is 13.8 Å². The average molecular weight is 382 g/mol. The summed E-state index contributed by atoms with van der Waals surface area (Å²) >= 11 is 0. The maximum absolute atomic E-state index is 8.78. The van der Waals surface area contributed by atoms with E-state index in [1.54, 1.807) is 0 Å². The van der Waals surface area contributed by atoms with Gasteiger partial charge in [-0.05, 0) is 25.7 Å². The van der Waals surface area contributed by atoms with Crippen molar-refractivity contribution in [3.05, 3.63) is 0 Å². The van der Waals surface area contributed by atoms with E-state index in [9.17, 15) is 0 Å². The summed E-state index contributed by atoms with van der Waals surface area (Å²) in [6.45, 7) is 8.24. The molecule has 23 heavy (non-hydrogen) atoms. The van der Waals surface area contributed by atoms with Gasteiger partial charge in [0, 0.05) is 17.1 Å². The van der Waals surface area contributed by atoms with Gasteiger partial charge in [-0.1, -0.05) is 66.2 Å². The summed E-state index contributed by atoms with van der Waals surface area (Å²) in [4.78, 5) is 17.6. The van der Waals surface area contributed by atoms with E-state index in [-0.39, 0.29) is 40.8 Å². The van der Waals surface area contributed by atoms with Gasteiger partial charge in [-0.3, -0.25) is 0 Å². The summed E-state index contributed by atoms with van der Waals surface area (Å²) in [6.07, 6.45) is 10.4. The Bertz CT molecular complexity index is 254. The van der Waals surface area contributed by atoms with Crippen molar-refractivity contribution in [1.82, 2.24) is 0 Å². The molecular formula is C18H38CuO4+2. The maximum atomic E-state index is 8.78. The van der Waals surface area contributed by atoms with Crippen LogP contribution in [0.1, 0.15) is 91.9 Å². The summed E-state index contributed by atoms with van der Waals surface area (Å²) in [5, 5.41) is 17.6. The molecule has 0 saturated carbocycles. The number of hydrogen-bond donors (Lipinski definition) is 2. The summed E-state index contributed by atoms with van der Waals surface area (Å²) < 4.78 is 0. The number of carboxylic acid groups (broad SMARTS) is 2. The van der Waals surface area contributed by atoms with E-state index in [1.807, 2.05) is 13.8 Å². The van der Waals surface area contributed by atoms with Crippen molar-refractivity contribution in [2.45, 2.75) is 91.9 Å². The van der Waals surface area contributed by atoms with Crippen molar-refractivity contribution in [1.29, 1.82) is 0 Å². The van der Waals surface area contributed by atoms with Crippen LogP contribution in [0.15, 0.2) is 0 Å². The van der Waals surface area contributed by atoms with Crippen LogP contribution in [0.5, 0.6) is 0 Å². The first-order chi connectivity index (χ1) is 10.4. The Labute approximate surface area is 152 Å². The Morgan fingerprint density at radius 1 is 0.696 bits per heavy atom. The van der Waals surface area contributed by atoms with Gasteiger partial charge in [0.2, 0.25) is 0 Å². The Morgan fingerprint density at radius 2 is 1.00 bits per heavy atom. The zero-order valence-corrected chi connectivity index (χ0v) is 16.3. The zero-order chi connectivity index (χ0) is 17.4. The molecule has 4 nitrogen and oxygen atoms in total. The summed E-state index contributed by atoms with van der Waals surface area (Å²) in [5.74, 6) is -0.768. The average Bonchev–Trinajstić information content (AvgIpc) is 2.48. The van der Waals surface area contributed by atoms with Gasteiger partial charge >= 0.3 is 11.9 Å². The van der Waals surface area contributed by atoms with E-state index in [0.717, 1.165) is 38.5 Å². The van der Waals surface area contributed by atoms with Gasteiger partial charge in [0.25, 0.3) is 0 Å². The van der Waals surface area contributed by atoms with Crippen molar-refractivity contribution in [2.75, 3.05) is 0 Å². The molecule has 0 rings (SSSR count). The molecule has 1 radical (unpaired) electrons. The number of aliphatic hydroxyl groups excluding tert-OH is 2. The number of aliphatic carboxylic acids is 2. The summed E-state index contributed by atoms with van der Waals surface area (Å²) in [7, 11) is 0. The number of unbranched alkanes of at least 4 members (excludes halogenated alkanes) is 4. The molecule has 0 fully saturated rings. The zero-order valence-electron chi connectivity index (χ0n) is 15.3. The van der Waals surface area contributed by atoms with Crippen LogP contribution in [-0.4, -0.2) is 31.7 Å². The molecule has 0 aliphatic carbocycles. The van der Waals surface area contributed by atoms with Gasteiger partial charge in [-0.15, -0.1) is 0 Å². The van der Waals surface area contributed by atoms with Crippen LogP contribution >= 0.6 is 0 Å². The maximum Gasteiger partial charge on any atom is 0.483 e. The van der Waals surface area contributed by atoms with Crippen molar-refractivity contribution in [3.8, 4) is 0 Å². The van der Waals surface area contributed by atoms with Crippen LogP contribution in [-0.2, 0) is 17.1 Å². The van der Waals surface area contributed by atoms with Crippen molar-refractivity contribution >= 4 is 11.9 Å². The fraction of sp³-hybridized carbons (Fsp3) is 0.889. The molecular weight excluding hydrogens is 344 g/mol. The van der Waals surface area contributed by atoms with Crippen LogP contribution in [0.3, 0.4) is 0 Å². The first-order valence-electron chi connectivity index (χ1n) is 8.93. The normalized spacial score (nSPS) is 12.3. The molecule has 0 aromatic heterocycles.